The molecule has 1 heterocycles. The zero-order chi connectivity index (χ0) is 15.5. The summed E-state index contributed by atoms with van der Waals surface area (Å²) in [5, 5.41) is 0. The summed E-state index contributed by atoms with van der Waals surface area (Å²) in [6.45, 7) is 8.31. The lowest BCUT2D eigenvalue weighted by Gasteiger charge is -2.17. The second-order valence-corrected chi connectivity index (χ2v) is 3.70. The van der Waals surface area contributed by atoms with Gasteiger partial charge in [0.2, 0.25) is 0 Å². The molecule has 0 unspecified atom stereocenters. The zero-order valence-electron chi connectivity index (χ0n) is 13.0. The molecule has 0 spiro atoms. The van der Waals surface area contributed by atoms with Crippen LogP contribution in [0.25, 0.3) is 5.76 Å². The summed E-state index contributed by atoms with van der Waals surface area (Å²) in [5.74, 6) is 2.04. The number of hydrogen-bond acceptors (Lipinski definition) is 5. The first-order chi connectivity index (χ1) is 9.63. The smallest absolute Gasteiger partial charge is 0.175 e. The molecule has 1 aromatic rings. The van der Waals surface area contributed by atoms with Crippen LogP contribution in [0.1, 0.15) is 19.4 Å². The number of rotatable bonds is 6. The Morgan fingerprint density at radius 2 is 2.15 bits per heavy atom. The molecule has 0 atom stereocenters. The van der Waals surface area contributed by atoms with Crippen molar-refractivity contribution in [1.29, 1.82) is 0 Å². The molecule has 5 heteroatoms. The summed E-state index contributed by atoms with van der Waals surface area (Å²) in [6, 6.07) is 1.88. The Morgan fingerprint density at radius 1 is 1.50 bits per heavy atom. The monoisotopic (exact) mass is 279 g/mol. The normalized spacial score (nSPS) is 9.70. The van der Waals surface area contributed by atoms with E-state index in [1.807, 2.05) is 44.1 Å². The molecule has 5 nitrogen and oxygen atoms in total. The highest BCUT2D eigenvalue weighted by molar-refractivity contribution is 5.63. The van der Waals surface area contributed by atoms with Gasteiger partial charge in [-0.2, -0.15) is 0 Å². The highest BCUT2D eigenvalue weighted by Crippen LogP contribution is 2.28. The first-order valence-electron chi connectivity index (χ1n) is 6.43. The van der Waals surface area contributed by atoms with Crippen molar-refractivity contribution >= 4 is 11.6 Å². The number of nitrogens with zero attached hydrogens (tertiary/aromatic N) is 2. The predicted molar refractivity (Wildman–Crippen MR) is 84.8 cm³/mol. The minimum Gasteiger partial charge on any atom is -0.494 e. The van der Waals surface area contributed by atoms with E-state index in [4.69, 9.17) is 9.47 Å². The van der Waals surface area contributed by atoms with Gasteiger partial charge in [-0.05, 0) is 27.0 Å². The molecule has 0 aliphatic rings. The summed E-state index contributed by atoms with van der Waals surface area (Å²) in [6.07, 6.45) is 5.59. The average Bonchev–Trinajstić information content (AvgIpc) is 2.49. The topological polar surface area (TPSA) is 60.6 Å². The van der Waals surface area contributed by atoms with E-state index >= 15 is 0 Å². The van der Waals surface area contributed by atoms with Gasteiger partial charge >= 0.3 is 0 Å². The molecular formula is C15H25N3O2. The molecule has 0 amide bonds. The van der Waals surface area contributed by atoms with Crippen molar-refractivity contribution in [3.8, 4) is 5.75 Å². The SMILES string of the molecule is C=C(OCC)c1cnc(N(C)/C=C/C)c(OC)c1.CN. The number of aromatic nitrogens is 1. The minimum absolute atomic E-state index is 0.585. The van der Waals surface area contributed by atoms with Crippen molar-refractivity contribution in [2.75, 3.05) is 32.7 Å². The number of allylic oxidation sites excluding steroid dienone is 1. The molecule has 0 bridgehead atoms. The second-order valence-electron chi connectivity index (χ2n) is 3.70. The Bertz CT molecular complexity index is 445. The molecule has 0 fully saturated rings. The van der Waals surface area contributed by atoms with E-state index in [9.17, 15) is 0 Å². The Morgan fingerprint density at radius 3 is 2.65 bits per heavy atom. The van der Waals surface area contributed by atoms with E-state index in [1.54, 1.807) is 13.3 Å². The molecule has 0 aliphatic heterocycles. The lowest BCUT2D eigenvalue weighted by molar-refractivity contribution is 0.298. The molecule has 0 aliphatic carbocycles. The van der Waals surface area contributed by atoms with Crippen molar-refractivity contribution < 1.29 is 9.47 Å². The maximum absolute atomic E-state index is 5.36. The lowest BCUT2D eigenvalue weighted by atomic mass is 10.2. The predicted octanol–water partition coefficient (Wildman–Crippen LogP) is 2.64. The zero-order valence-corrected chi connectivity index (χ0v) is 13.0. The second kappa shape index (κ2) is 9.86. The molecule has 2 N–H and O–H groups in total. The first-order valence-corrected chi connectivity index (χ1v) is 6.43. The number of methoxy groups -OCH3 is 1. The van der Waals surface area contributed by atoms with Crippen LogP contribution in [0.3, 0.4) is 0 Å². The van der Waals surface area contributed by atoms with Crippen LogP contribution in [0.4, 0.5) is 5.82 Å². The highest BCUT2D eigenvalue weighted by atomic mass is 16.5. The maximum atomic E-state index is 5.36. The van der Waals surface area contributed by atoms with Crippen molar-refractivity contribution in [2.45, 2.75) is 13.8 Å². The maximum Gasteiger partial charge on any atom is 0.175 e. The van der Waals surface area contributed by atoms with Gasteiger partial charge < -0.3 is 20.1 Å². The fourth-order valence-corrected chi connectivity index (χ4v) is 1.56. The van der Waals surface area contributed by atoms with Gasteiger partial charge in [-0.3, -0.25) is 0 Å². The summed E-state index contributed by atoms with van der Waals surface area (Å²) in [4.78, 5) is 6.28. The van der Waals surface area contributed by atoms with Crippen molar-refractivity contribution in [1.82, 2.24) is 4.98 Å². The molecule has 0 saturated carbocycles. The Balaban J connectivity index is 0.00000172. The molecule has 0 radical (unpaired) electrons. The third-order valence-electron chi connectivity index (χ3n) is 2.40. The van der Waals surface area contributed by atoms with E-state index in [0.717, 1.165) is 11.4 Å². The van der Waals surface area contributed by atoms with Crippen LogP contribution in [0.15, 0.2) is 31.1 Å². The van der Waals surface area contributed by atoms with Gasteiger partial charge in [-0.1, -0.05) is 12.7 Å². The van der Waals surface area contributed by atoms with E-state index in [-0.39, 0.29) is 0 Å². The Kier molecular flexibility index (Phi) is 8.87. The van der Waals surface area contributed by atoms with Gasteiger partial charge in [0.25, 0.3) is 0 Å². The number of anilines is 1. The molecule has 0 saturated heterocycles. The third-order valence-corrected chi connectivity index (χ3v) is 2.40. The van der Waals surface area contributed by atoms with Gasteiger partial charge in [0.05, 0.1) is 13.7 Å². The molecular weight excluding hydrogens is 254 g/mol. The van der Waals surface area contributed by atoms with Gasteiger partial charge in [-0.15, -0.1) is 0 Å². The summed E-state index contributed by atoms with van der Waals surface area (Å²) < 4.78 is 10.7. The van der Waals surface area contributed by atoms with Crippen LogP contribution in [0, 0.1) is 0 Å². The van der Waals surface area contributed by atoms with Crippen molar-refractivity contribution in [2.24, 2.45) is 5.73 Å². The Labute approximate surface area is 121 Å². The van der Waals surface area contributed by atoms with Crippen LogP contribution in [0.2, 0.25) is 0 Å². The van der Waals surface area contributed by atoms with Crippen molar-refractivity contribution in [3.05, 3.63) is 36.7 Å². The third kappa shape index (κ3) is 4.93. The molecule has 112 valence electrons. The van der Waals surface area contributed by atoms with Crippen LogP contribution < -0.4 is 15.4 Å². The number of hydrogen-bond donors (Lipinski definition) is 1. The van der Waals surface area contributed by atoms with E-state index in [1.165, 1.54) is 7.05 Å². The van der Waals surface area contributed by atoms with Crippen LogP contribution in [0.5, 0.6) is 5.75 Å². The number of ether oxygens (including phenoxy) is 2. The Hall–Kier alpha value is -2.01. The highest BCUT2D eigenvalue weighted by Gasteiger charge is 2.10. The number of nitrogens with two attached hydrogens (primary N) is 1. The fourth-order valence-electron chi connectivity index (χ4n) is 1.56. The minimum atomic E-state index is 0.585. The van der Waals surface area contributed by atoms with Crippen LogP contribution in [-0.4, -0.2) is 32.8 Å². The summed E-state index contributed by atoms with van der Waals surface area (Å²) in [5.41, 5.74) is 5.33. The number of pyridine rings is 1. The first kappa shape index (κ1) is 18.0. The average molecular weight is 279 g/mol. The molecule has 1 aromatic heterocycles. The largest absolute Gasteiger partial charge is 0.494 e. The van der Waals surface area contributed by atoms with Gasteiger partial charge in [-0.25, -0.2) is 4.98 Å². The quantitative estimate of drug-likeness (QED) is 0.811. The standard InChI is InChI=1S/C14H20N2O2.CH5N/c1-6-8-16(4)14-13(17-5)9-12(10-15-14)11(3)18-7-2;1-2/h6,8-10H,3,7H2,1-2,4-5H3;2H2,1H3/b8-6+;. The van der Waals surface area contributed by atoms with Gasteiger partial charge in [0.15, 0.2) is 11.6 Å². The molecule has 0 aromatic carbocycles. The van der Waals surface area contributed by atoms with Gasteiger partial charge in [0.1, 0.15) is 5.76 Å². The summed E-state index contributed by atoms with van der Waals surface area (Å²) >= 11 is 0. The van der Waals surface area contributed by atoms with E-state index in [0.29, 0.717) is 18.1 Å². The van der Waals surface area contributed by atoms with Gasteiger partial charge in [0, 0.05) is 25.0 Å². The van der Waals surface area contributed by atoms with Crippen LogP contribution >= 0.6 is 0 Å². The van der Waals surface area contributed by atoms with E-state index in [2.05, 4.69) is 17.3 Å². The molecule has 1 rings (SSSR count). The van der Waals surface area contributed by atoms with Crippen LogP contribution in [-0.2, 0) is 4.74 Å². The fraction of sp³-hybridized carbons (Fsp3) is 0.400. The lowest BCUT2D eigenvalue weighted by Crippen LogP contribution is -2.11. The van der Waals surface area contributed by atoms with Crippen molar-refractivity contribution in [3.63, 3.8) is 0 Å². The summed E-state index contributed by atoms with van der Waals surface area (Å²) in [7, 11) is 5.04. The van der Waals surface area contributed by atoms with E-state index < -0.39 is 0 Å². The molecule has 20 heavy (non-hydrogen) atoms.